The average molecular weight is 291 g/mol. The van der Waals surface area contributed by atoms with Crippen LogP contribution in [-0.4, -0.2) is 24.1 Å². The van der Waals surface area contributed by atoms with E-state index in [-0.39, 0.29) is 12.3 Å². The van der Waals surface area contributed by atoms with Gasteiger partial charge in [-0.1, -0.05) is 25.0 Å². The molecule has 21 heavy (non-hydrogen) atoms. The first-order chi connectivity index (χ1) is 10.1. The SMILES string of the molecule is COc1ccc(CNC(=O)CC2(C(=O)O)CCCC2)cc1. The Balaban J connectivity index is 1.87. The van der Waals surface area contributed by atoms with Crippen molar-refractivity contribution in [3.05, 3.63) is 29.8 Å². The Bertz CT molecular complexity index is 504. The quantitative estimate of drug-likeness (QED) is 0.843. The first kappa shape index (κ1) is 15.4. The summed E-state index contributed by atoms with van der Waals surface area (Å²) in [6.07, 6.45) is 3.03. The molecule has 0 atom stereocenters. The van der Waals surface area contributed by atoms with Crippen LogP contribution in [0, 0.1) is 5.41 Å². The molecule has 0 bridgehead atoms. The van der Waals surface area contributed by atoms with E-state index in [1.54, 1.807) is 7.11 Å². The van der Waals surface area contributed by atoms with Crippen LogP contribution in [0.5, 0.6) is 5.75 Å². The highest BCUT2D eigenvalue weighted by molar-refractivity contribution is 5.85. The molecule has 0 unspecified atom stereocenters. The molecule has 2 N–H and O–H groups in total. The van der Waals surface area contributed by atoms with Gasteiger partial charge in [0.2, 0.25) is 5.91 Å². The second kappa shape index (κ2) is 6.61. The van der Waals surface area contributed by atoms with E-state index in [0.29, 0.717) is 19.4 Å². The number of hydrogen-bond acceptors (Lipinski definition) is 3. The van der Waals surface area contributed by atoms with E-state index in [9.17, 15) is 14.7 Å². The monoisotopic (exact) mass is 291 g/mol. The molecule has 2 rings (SSSR count). The normalized spacial score (nSPS) is 16.4. The highest BCUT2D eigenvalue weighted by Gasteiger charge is 2.42. The molecule has 5 heteroatoms. The number of nitrogens with one attached hydrogen (secondary N) is 1. The third-order valence-electron chi connectivity index (χ3n) is 4.16. The van der Waals surface area contributed by atoms with Gasteiger partial charge in [0.25, 0.3) is 0 Å². The molecule has 0 spiro atoms. The van der Waals surface area contributed by atoms with Gasteiger partial charge in [0.05, 0.1) is 12.5 Å². The van der Waals surface area contributed by atoms with Crippen LogP contribution in [0.4, 0.5) is 0 Å². The van der Waals surface area contributed by atoms with Crippen molar-refractivity contribution in [3.63, 3.8) is 0 Å². The fraction of sp³-hybridized carbons (Fsp3) is 0.500. The van der Waals surface area contributed by atoms with E-state index >= 15 is 0 Å². The molecular formula is C16H21NO4. The summed E-state index contributed by atoms with van der Waals surface area (Å²) in [5, 5.41) is 12.2. The van der Waals surface area contributed by atoms with E-state index in [2.05, 4.69) is 5.32 Å². The van der Waals surface area contributed by atoms with E-state index in [1.165, 1.54) is 0 Å². The minimum absolute atomic E-state index is 0.0679. The number of benzene rings is 1. The number of rotatable bonds is 6. The molecule has 0 aliphatic heterocycles. The fourth-order valence-electron chi connectivity index (χ4n) is 2.83. The van der Waals surface area contributed by atoms with E-state index < -0.39 is 11.4 Å². The van der Waals surface area contributed by atoms with E-state index in [0.717, 1.165) is 24.2 Å². The van der Waals surface area contributed by atoms with Crippen LogP contribution in [0.25, 0.3) is 0 Å². The number of carboxylic acid groups (broad SMARTS) is 1. The number of carbonyl (C=O) groups is 2. The molecule has 0 heterocycles. The molecule has 0 saturated heterocycles. The summed E-state index contributed by atoms with van der Waals surface area (Å²) in [4.78, 5) is 23.4. The van der Waals surface area contributed by atoms with Crippen LogP contribution < -0.4 is 10.1 Å². The minimum Gasteiger partial charge on any atom is -0.497 e. The third-order valence-corrected chi connectivity index (χ3v) is 4.16. The number of carboxylic acids is 1. The molecule has 1 aromatic carbocycles. The molecule has 0 aromatic heterocycles. The summed E-state index contributed by atoms with van der Waals surface area (Å²) in [6, 6.07) is 7.41. The highest BCUT2D eigenvalue weighted by Crippen LogP contribution is 2.41. The molecule has 1 aliphatic carbocycles. The molecule has 1 amide bonds. The topological polar surface area (TPSA) is 75.6 Å². The number of amides is 1. The lowest BCUT2D eigenvalue weighted by atomic mass is 9.82. The molecule has 1 aromatic rings. The lowest BCUT2D eigenvalue weighted by molar-refractivity contribution is -0.151. The summed E-state index contributed by atoms with van der Waals surface area (Å²) in [5.41, 5.74) is 0.101. The summed E-state index contributed by atoms with van der Waals surface area (Å²) in [7, 11) is 1.60. The molecular weight excluding hydrogens is 270 g/mol. The fourth-order valence-corrected chi connectivity index (χ4v) is 2.83. The van der Waals surface area contributed by atoms with Crippen LogP contribution in [0.3, 0.4) is 0 Å². The maximum atomic E-state index is 12.0. The number of carbonyl (C=O) groups excluding carboxylic acids is 1. The Hall–Kier alpha value is -2.04. The smallest absolute Gasteiger partial charge is 0.310 e. The van der Waals surface area contributed by atoms with Gasteiger partial charge in [-0.25, -0.2) is 0 Å². The largest absolute Gasteiger partial charge is 0.497 e. The highest BCUT2D eigenvalue weighted by atomic mass is 16.5. The molecule has 114 valence electrons. The van der Waals surface area contributed by atoms with Crippen molar-refractivity contribution in [1.29, 1.82) is 0 Å². The number of ether oxygens (including phenoxy) is 1. The van der Waals surface area contributed by atoms with Crippen LogP contribution in [0.1, 0.15) is 37.7 Å². The van der Waals surface area contributed by atoms with Crippen molar-refractivity contribution in [1.82, 2.24) is 5.32 Å². The van der Waals surface area contributed by atoms with Gasteiger partial charge in [0.1, 0.15) is 5.75 Å². The van der Waals surface area contributed by atoms with Gasteiger partial charge >= 0.3 is 5.97 Å². The van der Waals surface area contributed by atoms with Gasteiger partial charge in [-0.05, 0) is 30.5 Å². The van der Waals surface area contributed by atoms with E-state index in [1.807, 2.05) is 24.3 Å². The Morgan fingerprint density at radius 3 is 2.38 bits per heavy atom. The molecule has 1 aliphatic rings. The second-order valence-electron chi connectivity index (χ2n) is 5.59. The van der Waals surface area contributed by atoms with Gasteiger partial charge in [-0.3, -0.25) is 9.59 Å². The first-order valence-electron chi connectivity index (χ1n) is 7.19. The number of methoxy groups -OCH3 is 1. The maximum absolute atomic E-state index is 12.0. The lowest BCUT2D eigenvalue weighted by Gasteiger charge is -2.22. The Kier molecular flexibility index (Phi) is 4.83. The molecule has 1 saturated carbocycles. The zero-order valence-electron chi connectivity index (χ0n) is 12.2. The van der Waals surface area contributed by atoms with Crippen molar-refractivity contribution in [2.45, 2.75) is 38.6 Å². The van der Waals surface area contributed by atoms with Gasteiger partial charge < -0.3 is 15.2 Å². The summed E-state index contributed by atoms with van der Waals surface area (Å²) in [6.45, 7) is 0.401. The summed E-state index contributed by atoms with van der Waals surface area (Å²) < 4.78 is 5.07. The van der Waals surface area contributed by atoms with Crippen molar-refractivity contribution in [2.24, 2.45) is 5.41 Å². The standard InChI is InChI=1S/C16H21NO4/c1-21-13-6-4-12(5-7-13)11-17-14(18)10-16(15(19)20)8-2-3-9-16/h4-7H,2-3,8-11H2,1H3,(H,17,18)(H,19,20). The zero-order chi connectivity index (χ0) is 15.3. The van der Waals surface area contributed by atoms with Crippen LogP contribution in [-0.2, 0) is 16.1 Å². The zero-order valence-corrected chi connectivity index (χ0v) is 12.2. The molecule has 1 fully saturated rings. The predicted molar refractivity (Wildman–Crippen MR) is 78.0 cm³/mol. The number of hydrogen-bond donors (Lipinski definition) is 2. The van der Waals surface area contributed by atoms with E-state index in [4.69, 9.17) is 4.74 Å². The van der Waals surface area contributed by atoms with Crippen molar-refractivity contribution in [3.8, 4) is 5.75 Å². The summed E-state index contributed by atoms with van der Waals surface area (Å²) in [5.74, 6) is -0.282. The van der Waals surface area contributed by atoms with Crippen molar-refractivity contribution < 1.29 is 19.4 Å². The molecule has 0 radical (unpaired) electrons. The second-order valence-corrected chi connectivity index (χ2v) is 5.59. The van der Waals surface area contributed by atoms with Gasteiger partial charge in [0, 0.05) is 13.0 Å². The van der Waals surface area contributed by atoms with Crippen molar-refractivity contribution >= 4 is 11.9 Å². The Morgan fingerprint density at radius 2 is 1.86 bits per heavy atom. The first-order valence-corrected chi connectivity index (χ1v) is 7.19. The van der Waals surface area contributed by atoms with Crippen molar-refractivity contribution in [2.75, 3.05) is 7.11 Å². The van der Waals surface area contributed by atoms with Crippen LogP contribution in [0.15, 0.2) is 24.3 Å². The average Bonchev–Trinajstić information content (AvgIpc) is 2.95. The van der Waals surface area contributed by atoms with Crippen LogP contribution in [0.2, 0.25) is 0 Å². The van der Waals surface area contributed by atoms with Gasteiger partial charge in [0.15, 0.2) is 0 Å². The number of aliphatic carboxylic acids is 1. The Labute approximate surface area is 124 Å². The van der Waals surface area contributed by atoms with Gasteiger partial charge in [-0.15, -0.1) is 0 Å². The van der Waals surface area contributed by atoms with Crippen LogP contribution >= 0.6 is 0 Å². The summed E-state index contributed by atoms with van der Waals surface area (Å²) >= 11 is 0. The van der Waals surface area contributed by atoms with Gasteiger partial charge in [-0.2, -0.15) is 0 Å². The minimum atomic E-state index is -0.857. The predicted octanol–water partition coefficient (Wildman–Crippen LogP) is 2.35. The Morgan fingerprint density at radius 1 is 1.24 bits per heavy atom. The lowest BCUT2D eigenvalue weighted by Crippen LogP contribution is -2.35. The maximum Gasteiger partial charge on any atom is 0.310 e. The third kappa shape index (κ3) is 3.74. The molecule has 5 nitrogen and oxygen atoms in total.